The average molecular weight is 409 g/mol. The maximum atomic E-state index is 6.02. The number of para-hydroxylation sites is 1. The molecule has 3 rings (SSSR count). The Morgan fingerprint density at radius 3 is 2.71 bits per heavy atom. The van der Waals surface area contributed by atoms with Gasteiger partial charge < -0.3 is 10.3 Å². The highest BCUT2D eigenvalue weighted by molar-refractivity contribution is 9.10. The third-order valence-corrected chi connectivity index (χ3v) is 4.19. The van der Waals surface area contributed by atoms with Gasteiger partial charge in [-0.2, -0.15) is 4.98 Å². The summed E-state index contributed by atoms with van der Waals surface area (Å²) < 4.78 is 7.15. The average Bonchev–Trinajstić information content (AvgIpc) is 2.90. The second-order valence-corrected chi connectivity index (χ2v) is 6.29. The number of nitrogens with zero attached hydrogens (tertiary/aromatic N) is 2. The van der Waals surface area contributed by atoms with Gasteiger partial charge in [-0.15, -0.1) is 0 Å². The number of anilines is 1. The van der Waals surface area contributed by atoms with Crippen LogP contribution in [0.4, 0.5) is 5.69 Å². The van der Waals surface area contributed by atoms with Crippen molar-refractivity contribution in [3.8, 4) is 11.5 Å². The van der Waals surface area contributed by atoms with Gasteiger partial charge in [0.25, 0.3) is 5.89 Å². The second kappa shape index (κ2) is 5.99. The first-order valence-corrected chi connectivity index (χ1v) is 7.83. The molecule has 0 unspecified atom stereocenters. The zero-order valence-electron chi connectivity index (χ0n) is 10.9. The van der Waals surface area contributed by atoms with Crippen LogP contribution in [0.1, 0.15) is 11.4 Å². The minimum atomic E-state index is 0.429. The molecule has 1 aromatic heterocycles. The second-order valence-electron chi connectivity index (χ2n) is 4.52. The van der Waals surface area contributed by atoms with Gasteiger partial charge in [0.15, 0.2) is 5.82 Å². The molecule has 0 aliphatic heterocycles. The number of aromatic nitrogens is 2. The zero-order valence-corrected chi connectivity index (χ0v) is 14.1. The molecule has 106 valence electrons. The van der Waals surface area contributed by atoms with E-state index in [9.17, 15) is 0 Å². The van der Waals surface area contributed by atoms with Crippen LogP contribution in [-0.4, -0.2) is 10.1 Å². The molecule has 0 fully saturated rings. The summed E-state index contributed by atoms with van der Waals surface area (Å²) in [5.41, 5.74) is 8.45. The number of benzene rings is 2. The molecule has 0 saturated carbocycles. The van der Waals surface area contributed by atoms with Crippen molar-refractivity contribution in [2.45, 2.75) is 6.42 Å². The number of nitrogen functional groups attached to an aromatic ring is 1. The van der Waals surface area contributed by atoms with Crippen molar-refractivity contribution in [1.82, 2.24) is 10.1 Å². The predicted molar refractivity (Wildman–Crippen MR) is 88.8 cm³/mol. The molecule has 0 saturated heterocycles. The lowest BCUT2D eigenvalue weighted by Crippen LogP contribution is -1.93. The van der Waals surface area contributed by atoms with Crippen LogP contribution < -0.4 is 5.73 Å². The summed E-state index contributed by atoms with van der Waals surface area (Å²) in [6, 6.07) is 13.6. The number of halogens is 2. The van der Waals surface area contributed by atoms with E-state index in [1.165, 1.54) is 0 Å². The van der Waals surface area contributed by atoms with Crippen LogP contribution in [0.5, 0.6) is 0 Å². The Hall–Kier alpha value is -1.66. The Kier molecular flexibility index (Phi) is 4.07. The lowest BCUT2D eigenvalue weighted by atomic mass is 10.1. The zero-order chi connectivity index (χ0) is 14.8. The van der Waals surface area contributed by atoms with Crippen molar-refractivity contribution >= 4 is 37.5 Å². The van der Waals surface area contributed by atoms with Gasteiger partial charge in [0.2, 0.25) is 0 Å². The van der Waals surface area contributed by atoms with Gasteiger partial charge in [-0.25, -0.2) is 0 Å². The Balaban J connectivity index is 1.88. The topological polar surface area (TPSA) is 64.9 Å². The van der Waals surface area contributed by atoms with Crippen LogP contribution in [0.25, 0.3) is 11.5 Å². The quantitative estimate of drug-likeness (QED) is 0.650. The Labute approximate surface area is 138 Å². The molecule has 6 heteroatoms. The summed E-state index contributed by atoms with van der Waals surface area (Å²) in [5, 5.41) is 4.02. The smallest absolute Gasteiger partial charge is 0.260 e. The van der Waals surface area contributed by atoms with E-state index >= 15 is 0 Å². The van der Waals surface area contributed by atoms with Gasteiger partial charge in [0.05, 0.1) is 11.3 Å². The molecular formula is C15H11Br2N3O. The van der Waals surface area contributed by atoms with E-state index in [1.807, 2.05) is 42.5 Å². The first kappa shape index (κ1) is 14.3. The fraction of sp³-hybridized carbons (Fsp3) is 0.0667. The van der Waals surface area contributed by atoms with E-state index in [0.29, 0.717) is 23.8 Å². The summed E-state index contributed by atoms with van der Waals surface area (Å²) in [4.78, 5) is 4.41. The number of hydrogen-bond acceptors (Lipinski definition) is 4. The van der Waals surface area contributed by atoms with Crippen LogP contribution in [0.15, 0.2) is 55.9 Å². The highest BCUT2D eigenvalue weighted by Gasteiger charge is 2.13. The fourth-order valence-electron chi connectivity index (χ4n) is 1.99. The molecule has 3 aromatic rings. The minimum absolute atomic E-state index is 0.429. The molecule has 0 aliphatic carbocycles. The highest BCUT2D eigenvalue weighted by atomic mass is 79.9. The maximum absolute atomic E-state index is 6.02. The molecule has 0 amide bonds. The maximum Gasteiger partial charge on any atom is 0.260 e. The summed E-state index contributed by atoms with van der Waals surface area (Å²) in [6.07, 6.45) is 0.608. The molecule has 1 heterocycles. The third kappa shape index (κ3) is 3.16. The summed E-state index contributed by atoms with van der Waals surface area (Å²) in [5.74, 6) is 1.06. The Morgan fingerprint density at radius 1 is 1.10 bits per heavy atom. The van der Waals surface area contributed by atoms with E-state index in [4.69, 9.17) is 10.3 Å². The SMILES string of the molecule is Nc1c(Br)cccc1-c1nc(Cc2cccc(Br)c2)no1. The largest absolute Gasteiger partial charge is 0.397 e. The summed E-state index contributed by atoms with van der Waals surface area (Å²) in [7, 11) is 0. The predicted octanol–water partition coefficient (Wildman–Crippen LogP) is 4.43. The lowest BCUT2D eigenvalue weighted by molar-refractivity contribution is 0.424. The van der Waals surface area contributed by atoms with Crippen LogP contribution >= 0.6 is 31.9 Å². The van der Waals surface area contributed by atoms with Gasteiger partial charge in [-0.05, 0) is 45.8 Å². The van der Waals surface area contributed by atoms with Crippen LogP contribution in [0.2, 0.25) is 0 Å². The van der Waals surface area contributed by atoms with E-state index in [0.717, 1.165) is 20.1 Å². The lowest BCUT2D eigenvalue weighted by Gasteiger charge is -2.01. The molecule has 4 nitrogen and oxygen atoms in total. The first-order valence-electron chi connectivity index (χ1n) is 6.25. The van der Waals surface area contributed by atoms with Gasteiger partial charge in [0.1, 0.15) is 0 Å². The Bertz CT molecular complexity index is 786. The molecule has 0 radical (unpaired) electrons. The molecule has 0 bridgehead atoms. The number of nitrogens with two attached hydrogens (primary N) is 1. The molecule has 2 N–H and O–H groups in total. The van der Waals surface area contributed by atoms with Gasteiger partial charge in [0, 0.05) is 15.4 Å². The van der Waals surface area contributed by atoms with Crippen molar-refractivity contribution in [2.75, 3.05) is 5.73 Å². The number of rotatable bonds is 3. The van der Waals surface area contributed by atoms with Crippen molar-refractivity contribution in [3.63, 3.8) is 0 Å². The fourth-order valence-corrected chi connectivity index (χ4v) is 2.80. The van der Waals surface area contributed by atoms with Crippen LogP contribution in [0.3, 0.4) is 0 Å². The summed E-state index contributed by atoms with van der Waals surface area (Å²) >= 11 is 6.84. The monoisotopic (exact) mass is 407 g/mol. The van der Waals surface area contributed by atoms with Gasteiger partial charge >= 0.3 is 0 Å². The van der Waals surface area contributed by atoms with Crippen molar-refractivity contribution in [1.29, 1.82) is 0 Å². The molecule has 0 atom stereocenters. The summed E-state index contributed by atoms with van der Waals surface area (Å²) in [6.45, 7) is 0. The first-order chi connectivity index (χ1) is 10.1. The van der Waals surface area contributed by atoms with Crippen molar-refractivity contribution in [2.24, 2.45) is 0 Å². The van der Waals surface area contributed by atoms with E-state index < -0.39 is 0 Å². The standard InChI is InChI=1S/C15H11Br2N3O/c16-10-4-1-3-9(7-10)8-13-19-15(21-20-13)11-5-2-6-12(17)14(11)18/h1-7H,8,18H2. The molecule has 21 heavy (non-hydrogen) atoms. The molecule has 2 aromatic carbocycles. The highest BCUT2D eigenvalue weighted by Crippen LogP contribution is 2.30. The number of hydrogen-bond donors (Lipinski definition) is 1. The third-order valence-electron chi connectivity index (χ3n) is 3.00. The van der Waals surface area contributed by atoms with Gasteiger partial charge in [-0.1, -0.05) is 39.3 Å². The normalized spacial score (nSPS) is 10.8. The van der Waals surface area contributed by atoms with E-state index in [1.54, 1.807) is 0 Å². The van der Waals surface area contributed by atoms with E-state index in [2.05, 4.69) is 42.0 Å². The Morgan fingerprint density at radius 2 is 1.90 bits per heavy atom. The molecule has 0 aliphatic rings. The van der Waals surface area contributed by atoms with Crippen LogP contribution in [0, 0.1) is 0 Å². The van der Waals surface area contributed by atoms with Gasteiger partial charge in [-0.3, -0.25) is 0 Å². The van der Waals surface area contributed by atoms with Crippen molar-refractivity contribution in [3.05, 3.63) is 62.8 Å². The van der Waals surface area contributed by atoms with E-state index in [-0.39, 0.29) is 0 Å². The molecule has 0 spiro atoms. The minimum Gasteiger partial charge on any atom is -0.397 e. The molecular weight excluding hydrogens is 398 g/mol. The van der Waals surface area contributed by atoms with Crippen molar-refractivity contribution < 1.29 is 4.52 Å². The van der Waals surface area contributed by atoms with Crippen LogP contribution in [-0.2, 0) is 6.42 Å².